The number of sulfonamides is 1. The molecule has 1 N–H and O–H groups in total. The standard InChI is InChI=1S/C24H33N3O4S/c1-6-25-24(29)20(4)26(13-12-21-10-8-7-9-11-21)23(28)17-27(32(5,30)31)22-15-18(2)14-19(3)16-22/h7-11,14-16,20H,6,12-13,17H2,1-5H3,(H,25,29)/t20-/m1/s1. The third-order valence-electron chi connectivity index (χ3n) is 5.18. The van der Waals surface area contributed by atoms with Gasteiger partial charge >= 0.3 is 0 Å². The lowest BCUT2D eigenvalue weighted by Gasteiger charge is -2.31. The highest BCUT2D eigenvalue weighted by atomic mass is 32.2. The molecule has 2 amide bonds. The van der Waals surface area contributed by atoms with Crippen LogP contribution in [0.3, 0.4) is 0 Å². The summed E-state index contributed by atoms with van der Waals surface area (Å²) in [7, 11) is -3.72. The normalized spacial score (nSPS) is 12.2. The molecule has 0 bridgehead atoms. The van der Waals surface area contributed by atoms with E-state index < -0.39 is 22.0 Å². The predicted molar refractivity (Wildman–Crippen MR) is 128 cm³/mol. The molecule has 32 heavy (non-hydrogen) atoms. The fourth-order valence-corrected chi connectivity index (χ4v) is 4.43. The van der Waals surface area contributed by atoms with Crippen LogP contribution in [0.15, 0.2) is 48.5 Å². The first-order valence-electron chi connectivity index (χ1n) is 10.7. The van der Waals surface area contributed by atoms with Crippen LogP contribution in [-0.4, -0.2) is 57.1 Å². The molecule has 2 aromatic carbocycles. The van der Waals surface area contributed by atoms with E-state index in [2.05, 4.69) is 5.32 Å². The van der Waals surface area contributed by atoms with Gasteiger partial charge in [0, 0.05) is 13.1 Å². The zero-order valence-electron chi connectivity index (χ0n) is 19.5. The van der Waals surface area contributed by atoms with Gasteiger partial charge in [0.2, 0.25) is 21.8 Å². The minimum Gasteiger partial charge on any atom is -0.355 e. The zero-order valence-corrected chi connectivity index (χ0v) is 20.3. The van der Waals surface area contributed by atoms with Gasteiger partial charge in [-0.15, -0.1) is 0 Å². The van der Waals surface area contributed by atoms with E-state index in [1.54, 1.807) is 19.1 Å². The van der Waals surface area contributed by atoms with E-state index in [-0.39, 0.29) is 12.5 Å². The molecule has 0 spiro atoms. The van der Waals surface area contributed by atoms with Crippen molar-refractivity contribution in [3.63, 3.8) is 0 Å². The SMILES string of the molecule is CCNC(=O)[C@@H](C)N(CCc1ccccc1)C(=O)CN(c1cc(C)cc(C)c1)S(C)(=O)=O. The lowest BCUT2D eigenvalue weighted by Crippen LogP contribution is -2.52. The number of rotatable bonds is 10. The minimum absolute atomic E-state index is 0.272. The van der Waals surface area contributed by atoms with Gasteiger partial charge in [0.15, 0.2) is 0 Å². The summed E-state index contributed by atoms with van der Waals surface area (Å²) in [6.07, 6.45) is 1.64. The summed E-state index contributed by atoms with van der Waals surface area (Å²) in [5, 5.41) is 2.74. The summed E-state index contributed by atoms with van der Waals surface area (Å²) in [5.74, 6) is -0.699. The van der Waals surface area contributed by atoms with Gasteiger partial charge in [0.1, 0.15) is 12.6 Å². The Labute approximate surface area is 191 Å². The van der Waals surface area contributed by atoms with Gasteiger partial charge in [0.05, 0.1) is 11.9 Å². The molecule has 1 atom stereocenters. The van der Waals surface area contributed by atoms with Crippen LogP contribution < -0.4 is 9.62 Å². The summed E-state index contributed by atoms with van der Waals surface area (Å²) in [4.78, 5) is 27.3. The van der Waals surface area contributed by atoms with Crippen molar-refractivity contribution in [3.8, 4) is 0 Å². The number of carbonyl (C=O) groups is 2. The quantitative estimate of drug-likeness (QED) is 0.592. The van der Waals surface area contributed by atoms with Crippen LogP contribution in [0, 0.1) is 13.8 Å². The Bertz CT molecular complexity index is 1020. The first-order valence-corrected chi connectivity index (χ1v) is 12.5. The van der Waals surface area contributed by atoms with Gasteiger partial charge in [-0.1, -0.05) is 36.4 Å². The maximum absolute atomic E-state index is 13.4. The van der Waals surface area contributed by atoms with E-state index in [1.807, 2.05) is 57.2 Å². The smallest absolute Gasteiger partial charge is 0.244 e. The molecule has 0 aliphatic heterocycles. The first kappa shape index (κ1) is 25.4. The Morgan fingerprint density at radius 1 is 1.03 bits per heavy atom. The van der Waals surface area contributed by atoms with Gasteiger partial charge in [-0.25, -0.2) is 8.42 Å². The monoisotopic (exact) mass is 459 g/mol. The van der Waals surface area contributed by atoms with Crippen LogP contribution in [0.1, 0.15) is 30.5 Å². The van der Waals surface area contributed by atoms with Crippen LogP contribution in [0.2, 0.25) is 0 Å². The largest absolute Gasteiger partial charge is 0.355 e. The van der Waals surface area contributed by atoms with Gasteiger partial charge in [-0.2, -0.15) is 0 Å². The highest BCUT2D eigenvalue weighted by Crippen LogP contribution is 2.22. The van der Waals surface area contributed by atoms with E-state index in [1.165, 1.54) is 4.90 Å². The summed E-state index contributed by atoms with van der Waals surface area (Å²) in [5.41, 5.74) is 3.27. The number of anilines is 1. The Kier molecular flexibility index (Phi) is 8.83. The van der Waals surface area contributed by atoms with E-state index >= 15 is 0 Å². The number of aryl methyl sites for hydroxylation is 2. The number of amides is 2. The van der Waals surface area contributed by atoms with Crippen molar-refractivity contribution in [1.29, 1.82) is 0 Å². The molecule has 0 unspecified atom stereocenters. The zero-order chi connectivity index (χ0) is 23.9. The summed E-state index contributed by atoms with van der Waals surface area (Å²) in [6, 6.07) is 14.3. The lowest BCUT2D eigenvalue weighted by atomic mass is 10.1. The van der Waals surface area contributed by atoms with Crippen LogP contribution in [0.4, 0.5) is 5.69 Å². The highest BCUT2D eigenvalue weighted by molar-refractivity contribution is 7.92. The average molecular weight is 460 g/mol. The van der Waals surface area contributed by atoms with Crippen LogP contribution in [-0.2, 0) is 26.0 Å². The van der Waals surface area contributed by atoms with Crippen molar-refractivity contribution in [2.75, 3.05) is 30.2 Å². The number of likely N-dealkylation sites (N-methyl/N-ethyl adjacent to an activating group) is 1. The second-order valence-corrected chi connectivity index (χ2v) is 9.92. The maximum atomic E-state index is 13.4. The minimum atomic E-state index is -3.72. The van der Waals surface area contributed by atoms with Crippen molar-refractivity contribution in [2.45, 2.75) is 40.2 Å². The molecule has 7 nitrogen and oxygen atoms in total. The number of nitrogens with one attached hydrogen (secondary N) is 1. The van der Waals surface area contributed by atoms with Crippen molar-refractivity contribution in [2.24, 2.45) is 0 Å². The van der Waals surface area contributed by atoms with Crippen molar-refractivity contribution in [1.82, 2.24) is 10.2 Å². The van der Waals surface area contributed by atoms with E-state index in [0.29, 0.717) is 25.2 Å². The lowest BCUT2D eigenvalue weighted by molar-refractivity contribution is -0.138. The van der Waals surface area contributed by atoms with E-state index in [9.17, 15) is 18.0 Å². The summed E-state index contributed by atoms with van der Waals surface area (Å²) < 4.78 is 26.3. The van der Waals surface area contributed by atoms with Crippen LogP contribution in [0.5, 0.6) is 0 Å². The molecule has 0 saturated heterocycles. The molecular weight excluding hydrogens is 426 g/mol. The van der Waals surface area contributed by atoms with Gasteiger partial charge in [0.25, 0.3) is 0 Å². The number of carbonyl (C=O) groups excluding carboxylic acids is 2. The molecule has 0 aromatic heterocycles. The third-order valence-corrected chi connectivity index (χ3v) is 6.32. The summed E-state index contributed by atoms with van der Waals surface area (Å²) >= 11 is 0. The maximum Gasteiger partial charge on any atom is 0.244 e. The Hall–Kier alpha value is -2.87. The van der Waals surface area contributed by atoms with Crippen molar-refractivity contribution in [3.05, 3.63) is 65.2 Å². The van der Waals surface area contributed by atoms with E-state index in [0.717, 1.165) is 27.3 Å². The number of hydrogen-bond acceptors (Lipinski definition) is 4. The predicted octanol–water partition coefficient (Wildman–Crippen LogP) is 2.67. The number of hydrogen-bond donors (Lipinski definition) is 1. The molecule has 0 fully saturated rings. The van der Waals surface area contributed by atoms with Crippen LogP contribution >= 0.6 is 0 Å². The molecule has 0 heterocycles. The fourth-order valence-electron chi connectivity index (χ4n) is 3.60. The molecule has 2 rings (SSSR count). The number of nitrogens with zero attached hydrogens (tertiary/aromatic N) is 2. The fraction of sp³-hybridized carbons (Fsp3) is 0.417. The highest BCUT2D eigenvalue weighted by Gasteiger charge is 2.29. The van der Waals surface area contributed by atoms with Crippen LogP contribution in [0.25, 0.3) is 0 Å². The molecular formula is C24H33N3O4S. The molecule has 0 radical (unpaired) electrons. The molecule has 2 aromatic rings. The van der Waals surface area contributed by atoms with E-state index in [4.69, 9.17) is 0 Å². The third kappa shape index (κ3) is 7.09. The average Bonchev–Trinajstić information content (AvgIpc) is 2.71. The molecule has 8 heteroatoms. The molecule has 0 aliphatic carbocycles. The summed E-state index contributed by atoms with van der Waals surface area (Å²) in [6.45, 7) is 7.60. The molecule has 0 saturated carbocycles. The first-order chi connectivity index (χ1) is 15.0. The van der Waals surface area contributed by atoms with Crippen molar-refractivity contribution < 1.29 is 18.0 Å². The second-order valence-electron chi connectivity index (χ2n) is 8.01. The topological polar surface area (TPSA) is 86.8 Å². The van der Waals surface area contributed by atoms with Gasteiger partial charge in [-0.3, -0.25) is 13.9 Å². The van der Waals surface area contributed by atoms with Crippen molar-refractivity contribution >= 4 is 27.5 Å². The molecule has 174 valence electrons. The Morgan fingerprint density at radius 2 is 1.62 bits per heavy atom. The van der Waals surface area contributed by atoms with Gasteiger partial charge in [-0.05, 0) is 62.9 Å². The molecule has 0 aliphatic rings. The number of benzene rings is 2. The second kappa shape index (κ2) is 11.1. The van der Waals surface area contributed by atoms with Gasteiger partial charge < -0.3 is 10.2 Å². The Balaban J connectivity index is 2.33. The Morgan fingerprint density at radius 3 is 2.16 bits per heavy atom.